The Morgan fingerprint density at radius 1 is 1.25 bits per heavy atom. The molecule has 0 aliphatic heterocycles. The molecule has 4 radical (unpaired) electrons. The predicted octanol–water partition coefficient (Wildman–Crippen LogP) is -0.116. The van der Waals surface area contributed by atoms with Gasteiger partial charge in [-0.05, 0) is 0 Å². The Balaban J connectivity index is -0.00000000500. The van der Waals surface area contributed by atoms with Gasteiger partial charge in [-0.2, -0.15) is 0 Å². The molecule has 0 amide bonds. The molecule has 0 N–H and O–H groups in total. The minimum absolute atomic E-state index is 0. The third-order valence-electron chi connectivity index (χ3n) is 0. The van der Waals surface area contributed by atoms with Crippen molar-refractivity contribution < 1.29 is 14.4 Å². The van der Waals surface area contributed by atoms with Crippen LogP contribution in [-0.2, 0) is 14.4 Å². The zero-order valence-electron chi connectivity index (χ0n) is 2.34. The van der Waals surface area contributed by atoms with Gasteiger partial charge in [0, 0.05) is 36.2 Å². The molecule has 0 bridgehead atoms. The van der Waals surface area contributed by atoms with Crippen molar-refractivity contribution in [3.05, 3.63) is 0 Å². The van der Waals surface area contributed by atoms with E-state index in [1.807, 2.05) is 0 Å². The van der Waals surface area contributed by atoms with Gasteiger partial charge < -0.3 is 0 Å². The summed E-state index contributed by atoms with van der Waals surface area (Å²) in [4.78, 5) is 0. The van der Waals surface area contributed by atoms with E-state index in [0.29, 0.717) is 0 Å². The second-order valence-corrected chi connectivity index (χ2v) is 0. The summed E-state index contributed by atoms with van der Waals surface area (Å²) in [6, 6.07) is 0. The first kappa shape index (κ1) is 16.9. The molecule has 0 aromatic carbocycles. The molecule has 0 nitrogen and oxygen atoms in total. The van der Waals surface area contributed by atoms with Crippen LogP contribution in [0.5, 0.6) is 0 Å². The van der Waals surface area contributed by atoms with Crippen molar-refractivity contribution in [2.45, 2.75) is 0 Å². The van der Waals surface area contributed by atoms with Crippen LogP contribution in [0.1, 0.15) is 0 Å². The van der Waals surface area contributed by atoms with Crippen molar-refractivity contribution in [3.8, 4) is 0 Å². The van der Waals surface area contributed by atoms with Gasteiger partial charge in [-0.15, -0.1) is 0 Å². The fourth-order valence-corrected chi connectivity index (χ4v) is 0. The molecule has 0 rings (SSSR count). The molecular formula is AlFeLiS. The molecule has 0 aliphatic rings. The van der Waals surface area contributed by atoms with Crippen LogP contribution in [0, 0.1) is 0 Å². The van der Waals surface area contributed by atoms with Crippen LogP contribution in [0.25, 0.3) is 0 Å². The summed E-state index contributed by atoms with van der Waals surface area (Å²) in [6.45, 7) is 0. The van der Waals surface area contributed by atoms with Gasteiger partial charge in [0.1, 0.15) is 0 Å². The topological polar surface area (TPSA) is 0 Å². The van der Waals surface area contributed by atoms with E-state index in [9.17, 15) is 0 Å². The molecule has 4 heteroatoms. The summed E-state index contributed by atoms with van der Waals surface area (Å²) in [7, 11) is 3.83. The molecule has 4 heavy (non-hydrogen) atoms. The first-order valence-corrected chi connectivity index (χ1v) is 1.79. The summed E-state index contributed by atoms with van der Waals surface area (Å²) in [5.41, 5.74) is 0. The third-order valence-corrected chi connectivity index (χ3v) is 0. The van der Waals surface area contributed by atoms with Crippen molar-refractivity contribution in [2.75, 3.05) is 0 Å². The van der Waals surface area contributed by atoms with Crippen molar-refractivity contribution in [1.82, 2.24) is 0 Å². The molecule has 0 heterocycles. The van der Waals surface area contributed by atoms with Crippen LogP contribution in [-0.4, -0.2) is 36.2 Å². The standard InChI is InChI=1S/Al.Fe.Li.S. The van der Waals surface area contributed by atoms with E-state index in [2.05, 4.69) is 24.9 Å². The van der Waals surface area contributed by atoms with Gasteiger partial charge in [-0.25, -0.2) is 0 Å². The quantitative estimate of drug-likeness (QED) is 0.403. The summed E-state index contributed by atoms with van der Waals surface area (Å²) in [5, 5.41) is 0. The van der Waals surface area contributed by atoms with E-state index >= 15 is 0 Å². The van der Waals surface area contributed by atoms with Gasteiger partial charge >= 0.3 is 24.9 Å². The van der Waals surface area contributed by atoms with E-state index in [0.717, 1.165) is 0 Å². The average Bonchev–Trinajstić information content (AvgIpc) is 1.00. The van der Waals surface area contributed by atoms with Crippen LogP contribution in [0.15, 0.2) is 0 Å². The van der Waals surface area contributed by atoms with E-state index in [-0.39, 0.29) is 36.2 Å². The normalized spacial score (nSPS) is 1.25. The van der Waals surface area contributed by atoms with Crippen LogP contribution in [0.3, 0.4) is 0 Å². The molecule has 0 fully saturated rings. The van der Waals surface area contributed by atoms with E-state index < -0.39 is 0 Å². The first-order chi connectivity index (χ1) is 1.00. The number of hydrogen-bond acceptors (Lipinski definition) is 1. The fraction of sp³-hybridized carbons (Fsp3) is 0. The molecule has 0 saturated heterocycles. The Bertz CT molecular complexity index is 8.00. The molecule has 0 spiro atoms. The summed E-state index contributed by atoms with van der Waals surface area (Å²) in [6.07, 6.45) is 0. The van der Waals surface area contributed by atoms with E-state index in [1.54, 1.807) is 0 Å². The molecule has 0 aromatic rings. The molecule has 0 unspecified atom stereocenters. The van der Waals surface area contributed by atoms with Gasteiger partial charge in [0.05, 0.1) is 0 Å². The molecular weight excluding hydrogens is 122 g/mol. The van der Waals surface area contributed by atoms with Gasteiger partial charge in [0.25, 0.3) is 0 Å². The molecule has 0 atom stereocenters. The van der Waals surface area contributed by atoms with Gasteiger partial charge in [-0.3, -0.25) is 0 Å². The van der Waals surface area contributed by atoms with Crippen molar-refractivity contribution >= 4 is 46.8 Å². The molecule has 18 valence electrons. The predicted molar refractivity (Wildman–Crippen MR) is 19.1 cm³/mol. The van der Waals surface area contributed by atoms with Crippen LogP contribution >= 0.6 is 10.6 Å². The molecule has 0 aromatic heterocycles. The van der Waals surface area contributed by atoms with Crippen LogP contribution < -0.4 is 0 Å². The molecule has 0 saturated carbocycles. The molecule has 0 aliphatic carbocycles. The van der Waals surface area contributed by atoms with Gasteiger partial charge in [0.2, 0.25) is 0 Å². The number of hydrogen-bond donors (Lipinski definition) is 0. The Morgan fingerprint density at radius 3 is 1.25 bits per heavy atom. The van der Waals surface area contributed by atoms with Gasteiger partial charge in [0.15, 0.2) is 0 Å². The zero-order chi connectivity index (χ0) is 2.00. The van der Waals surface area contributed by atoms with Crippen molar-refractivity contribution in [2.24, 2.45) is 0 Å². The first-order valence-electron chi connectivity index (χ1n) is 0.144. The average molecular weight is 122 g/mol. The maximum absolute atomic E-state index is 3.83. The zero-order valence-corrected chi connectivity index (χ0v) is 5.41. The van der Waals surface area contributed by atoms with Crippen LogP contribution in [0.2, 0.25) is 0 Å². The van der Waals surface area contributed by atoms with E-state index in [1.165, 1.54) is 0 Å². The van der Waals surface area contributed by atoms with Crippen molar-refractivity contribution in [1.29, 1.82) is 0 Å². The van der Waals surface area contributed by atoms with Gasteiger partial charge in [-0.1, -0.05) is 0 Å². The number of rotatable bonds is 0. The third kappa shape index (κ3) is 9.12. The van der Waals surface area contributed by atoms with E-state index in [4.69, 9.17) is 0 Å². The maximum atomic E-state index is 3.83. The second-order valence-electron chi connectivity index (χ2n) is 0. The monoisotopic (exact) mass is 122 g/mol. The van der Waals surface area contributed by atoms with Crippen molar-refractivity contribution in [3.63, 3.8) is 0 Å². The Kier molecular flexibility index (Phi) is 88.2. The summed E-state index contributed by atoms with van der Waals surface area (Å²) < 4.78 is 0. The second kappa shape index (κ2) is 20.9. The minimum atomic E-state index is 0. The van der Waals surface area contributed by atoms with Crippen LogP contribution in [0.4, 0.5) is 0 Å². The summed E-state index contributed by atoms with van der Waals surface area (Å²) >= 11 is 2.83. The fourth-order valence-electron chi connectivity index (χ4n) is 0. The SMILES string of the molecule is [Al].[Li].[S]=[Fe]. The summed E-state index contributed by atoms with van der Waals surface area (Å²) in [5.74, 6) is 0. The Hall–Kier alpha value is 1.87. The Morgan fingerprint density at radius 2 is 1.25 bits per heavy atom. The Labute approximate surface area is 60.7 Å².